The smallest absolute Gasteiger partial charge is 0.412 e. The van der Waals surface area contributed by atoms with Crippen molar-refractivity contribution in [2.24, 2.45) is 0 Å². The van der Waals surface area contributed by atoms with Gasteiger partial charge in [-0.2, -0.15) is 5.10 Å². The van der Waals surface area contributed by atoms with Crippen LogP contribution in [0.5, 0.6) is 0 Å². The number of fused-ring (bicyclic) bond motifs is 1. The Morgan fingerprint density at radius 2 is 2.00 bits per heavy atom. The van der Waals surface area contributed by atoms with E-state index in [9.17, 15) is 9.59 Å². The first-order valence-corrected chi connectivity index (χ1v) is 6.36. The molecule has 7 nitrogen and oxygen atoms in total. The molecule has 1 heterocycles. The largest absolute Gasteiger partial charge is 0.464 e. The summed E-state index contributed by atoms with van der Waals surface area (Å²) in [5, 5.41) is 9.80. The summed E-state index contributed by atoms with van der Waals surface area (Å²) >= 11 is 0. The molecule has 21 heavy (non-hydrogen) atoms. The lowest BCUT2D eigenvalue weighted by Gasteiger charge is -2.19. The Balaban J connectivity index is 2.26. The van der Waals surface area contributed by atoms with Crippen molar-refractivity contribution < 1.29 is 19.1 Å². The van der Waals surface area contributed by atoms with Gasteiger partial charge in [-0.15, -0.1) is 0 Å². The van der Waals surface area contributed by atoms with Gasteiger partial charge in [0.05, 0.1) is 12.6 Å². The van der Waals surface area contributed by atoms with E-state index in [-0.39, 0.29) is 5.69 Å². The number of aromatic nitrogens is 2. The Bertz CT molecular complexity index is 685. The maximum absolute atomic E-state index is 11.7. The number of carbonyl (C=O) groups is 2. The predicted molar refractivity (Wildman–Crippen MR) is 77.3 cm³/mol. The topological polar surface area (TPSA) is 93.3 Å². The molecule has 1 aromatic heterocycles. The molecule has 0 spiro atoms. The Labute approximate surface area is 121 Å². The number of benzene rings is 1. The van der Waals surface area contributed by atoms with Crippen molar-refractivity contribution in [3.63, 3.8) is 0 Å². The molecule has 0 unspecified atom stereocenters. The van der Waals surface area contributed by atoms with E-state index in [1.807, 2.05) is 0 Å². The molecule has 0 aliphatic heterocycles. The molecule has 0 radical (unpaired) electrons. The summed E-state index contributed by atoms with van der Waals surface area (Å²) in [4.78, 5) is 23.3. The van der Waals surface area contributed by atoms with E-state index in [2.05, 4.69) is 20.3 Å². The van der Waals surface area contributed by atoms with Crippen LogP contribution in [0.2, 0.25) is 0 Å². The number of aromatic amines is 1. The zero-order valence-corrected chi connectivity index (χ0v) is 12.3. The second-order valence-corrected chi connectivity index (χ2v) is 5.45. The fourth-order valence-electron chi connectivity index (χ4n) is 1.77. The SMILES string of the molecule is COC(=O)c1n[nH]c2ccc(NC(=O)OC(C)(C)C)cc12. The number of nitrogens with one attached hydrogen (secondary N) is 2. The molecule has 0 atom stereocenters. The number of amides is 1. The zero-order valence-electron chi connectivity index (χ0n) is 12.3. The van der Waals surface area contributed by atoms with Gasteiger partial charge >= 0.3 is 12.1 Å². The van der Waals surface area contributed by atoms with Crippen LogP contribution in [0.3, 0.4) is 0 Å². The molecule has 1 aromatic carbocycles. The molecule has 1 amide bonds. The van der Waals surface area contributed by atoms with Crippen molar-refractivity contribution in [1.29, 1.82) is 0 Å². The van der Waals surface area contributed by atoms with Crippen molar-refractivity contribution in [2.75, 3.05) is 12.4 Å². The number of ether oxygens (including phenoxy) is 2. The van der Waals surface area contributed by atoms with Crippen LogP contribution in [0, 0.1) is 0 Å². The number of H-pyrrole nitrogens is 1. The first-order valence-electron chi connectivity index (χ1n) is 6.36. The molecule has 0 aliphatic carbocycles. The van der Waals surface area contributed by atoms with Gasteiger partial charge in [0.2, 0.25) is 0 Å². The van der Waals surface area contributed by atoms with Gasteiger partial charge < -0.3 is 9.47 Å². The quantitative estimate of drug-likeness (QED) is 0.830. The molecule has 2 aromatic rings. The van der Waals surface area contributed by atoms with E-state index in [0.29, 0.717) is 16.6 Å². The fraction of sp³-hybridized carbons (Fsp3) is 0.357. The molecule has 0 bridgehead atoms. The van der Waals surface area contributed by atoms with Crippen molar-refractivity contribution >= 4 is 28.7 Å². The second-order valence-electron chi connectivity index (χ2n) is 5.45. The third-order valence-corrected chi connectivity index (χ3v) is 2.59. The monoisotopic (exact) mass is 291 g/mol. The molecule has 2 rings (SSSR count). The lowest BCUT2D eigenvalue weighted by molar-refractivity contribution is 0.0594. The highest BCUT2D eigenvalue weighted by Crippen LogP contribution is 2.21. The van der Waals surface area contributed by atoms with Gasteiger partial charge in [0, 0.05) is 11.1 Å². The molecular formula is C14H17N3O4. The van der Waals surface area contributed by atoms with Crippen LogP contribution < -0.4 is 5.32 Å². The van der Waals surface area contributed by atoms with E-state index >= 15 is 0 Å². The van der Waals surface area contributed by atoms with E-state index < -0.39 is 17.7 Å². The van der Waals surface area contributed by atoms with Gasteiger partial charge in [-0.1, -0.05) is 0 Å². The van der Waals surface area contributed by atoms with E-state index in [1.165, 1.54) is 7.11 Å². The molecule has 0 saturated carbocycles. The summed E-state index contributed by atoms with van der Waals surface area (Å²) in [5.74, 6) is -0.546. The third-order valence-electron chi connectivity index (χ3n) is 2.59. The van der Waals surface area contributed by atoms with Crippen molar-refractivity contribution in [3.05, 3.63) is 23.9 Å². The molecular weight excluding hydrogens is 274 g/mol. The summed E-state index contributed by atoms with van der Waals surface area (Å²) < 4.78 is 9.82. The minimum Gasteiger partial charge on any atom is -0.464 e. The summed E-state index contributed by atoms with van der Waals surface area (Å²) in [7, 11) is 1.28. The number of anilines is 1. The highest BCUT2D eigenvalue weighted by molar-refractivity contribution is 6.03. The molecule has 0 saturated heterocycles. The first kappa shape index (κ1) is 14.8. The van der Waals surface area contributed by atoms with E-state index in [4.69, 9.17) is 4.74 Å². The minimum absolute atomic E-state index is 0.167. The molecule has 0 fully saturated rings. The van der Waals surface area contributed by atoms with Crippen LogP contribution in [0.4, 0.5) is 10.5 Å². The molecule has 0 aliphatic rings. The number of esters is 1. The average Bonchev–Trinajstić information content (AvgIpc) is 2.78. The summed E-state index contributed by atoms with van der Waals surface area (Å²) in [6.07, 6.45) is -0.565. The number of nitrogens with zero attached hydrogens (tertiary/aromatic N) is 1. The second kappa shape index (κ2) is 5.43. The summed E-state index contributed by atoms with van der Waals surface area (Å²) in [6, 6.07) is 5.03. The molecule has 112 valence electrons. The van der Waals surface area contributed by atoms with Crippen molar-refractivity contribution in [3.8, 4) is 0 Å². The van der Waals surface area contributed by atoms with Gasteiger partial charge in [-0.05, 0) is 39.0 Å². The van der Waals surface area contributed by atoms with Crippen LogP contribution in [0.1, 0.15) is 31.3 Å². The van der Waals surface area contributed by atoms with E-state index in [1.54, 1.807) is 39.0 Å². The molecule has 2 N–H and O–H groups in total. The minimum atomic E-state index is -0.582. The van der Waals surface area contributed by atoms with Crippen molar-refractivity contribution in [2.45, 2.75) is 26.4 Å². The highest BCUT2D eigenvalue weighted by Gasteiger charge is 2.18. The number of methoxy groups -OCH3 is 1. The Hall–Kier alpha value is -2.57. The number of hydrogen-bond donors (Lipinski definition) is 2. The Morgan fingerprint density at radius 1 is 1.29 bits per heavy atom. The lowest BCUT2D eigenvalue weighted by Crippen LogP contribution is -2.27. The van der Waals surface area contributed by atoms with Gasteiger partial charge in [0.1, 0.15) is 5.60 Å². The van der Waals surface area contributed by atoms with Crippen LogP contribution >= 0.6 is 0 Å². The number of rotatable bonds is 2. The predicted octanol–water partition coefficient (Wildman–Crippen LogP) is 2.70. The Kier molecular flexibility index (Phi) is 3.84. The molecule has 7 heteroatoms. The fourth-order valence-corrected chi connectivity index (χ4v) is 1.77. The number of hydrogen-bond acceptors (Lipinski definition) is 5. The van der Waals surface area contributed by atoms with Crippen LogP contribution in [-0.4, -0.2) is 35.0 Å². The summed E-state index contributed by atoms with van der Waals surface area (Å²) in [6.45, 7) is 5.34. The van der Waals surface area contributed by atoms with Gasteiger partial charge in [-0.3, -0.25) is 10.4 Å². The van der Waals surface area contributed by atoms with Crippen LogP contribution in [-0.2, 0) is 9.47 Å². The number of carbonyl (C=O) groups excluding carboxylic acids is 2. The third kappa shape index (κ3) is 3.50. The zero-order chi connectivity index (χ0) is 15.6. The summed E-state index contributed by atoms with van der Waals surface area (Å²) in [5.41, 5.74) is 0.759. The first-order chi connectivity index (χ1) is 9.80. The standard InChI is InChI=1S/C14H17N3O4/c1-14(2,3)21-13(19)15-8-5-6-10-9(7-8)11(17-16-10)12(18)20-4/h5-7H,1-4H3,(H,15,19)(H,16,17). The average molecular weight is 291 g/mol. The van der Waals surface area contributed by atoms with Gasteiger partial charge in [0.15, 0.2) is 5.69 Å². The maximum Gasteiger partial charge on any atom is 0.412 e. The van der Waals surface area contributed by atoms with Gasteiger partial charge in [-0.25, -0.2) is 9.59 Å². The van der Waals surface area contributed by atoms with Crippen LogP contribution in [0.25, 0.3) is 10.9 Å². The van der Waals surface area contributed by atoms with Crippen LogP contribution in [0.15, 0.2) is 18.2 Å². The normalized spacial score (nSPS) is 11.2. The van der Waals surface area contributed by atoms with Crippen molar-refractivity contribution in [1.82, 2.24) is 10.2 Å². The lowest BCUT2D eigenvalue weighted by atomic mass is 10.2. The highest BCUT2D eigenvalue weighted by atomic mass is 16.6. The van der Waals surface area contributed by atoms with E-state index in [0.717, 1.165) is 0 Å². The maximum atomic E-state index is 11.7. The Morgan fingerprint density at radius 3 is 2.62 bits per heavy atom. The van der Waals surface area contributed by atoms with Gasteiger partial charge in [0.25, 0.3) is 0 Å².